The Morgan fingerprint density at radius 1 is 1.21 bits per heavy atom. The molecule has 2 amide bonds. The van der Waals surface area contributed by atoms with Gasteiger partial charge in [-0.15, -0.1) is 11.3 Å². The summed E-state index contributed by atoms with van der Waals surface area (Å²) >= 11 is 1.53. The second kappa shape index (κ2) is 6.33. The van der Waals surface area contributed by atoms with E-state index in [-0.39, 0.29) is 18.4 Å². The molecule has 1 aromatic carbocycles. The molecule has 0 atom stereocenters. The Morgan fingerprint density at radius 2 is 2.00 bits per heavy atom. The standard InChI is InChI=1S/C14H16N2O2S/c1-2-7-15-13(17)8-16-14(18)11-9-19-12-6-4-3-5-10(11)12/h3-6,9H,2,7-8H2,1H3,(H,15,17)(H,16,18). The summed E-state index contributed by atoms with van der Waals surface area (Å²) in [5.41, 5.74) is 0.629. The van der Waals surface area contributed by atoms with E-state index >= 15 is 0 Å². The molecule has 0 unspecified atom stereocenters. The molecule has 2 aromatic rings. The lowest BCUT2D eigenvalue weighted by atomic mass is 10.1. The second-order valence-electron chi connectivity index (χ2n) is 4.18. The Balaban J connectivity index is 1.98. The van der Waals surface area contributed by atoms with Crippen molar-refractivity contribution >= 4 is 33.2 Å². The third-order valence-electron chi connectivity index (χ3n) is 2.71. The van der Waals surface area contributed by atoms with E-state index in [0.29, 0.717) is 12.1 Å². The van der Waals surface area contributed by atoms with E-state index in [2.05, 4.69) is 10.6 Å². The van der Waals surface area contributed by atoms with Gasteiger partial charge in [0, 0.05) is 22.0 Å². The van der Waals surface area contributed by atoms with E-state index in [0.717, 1.165) is 16.5 Å². The summed E-state index contributed by atoms with van der Waals surface area (Å²) in [6.07, 6.45) is 0.884. The quantitative estimate of drug-likeness (QED) is 0.879. The molecule has 2 rings (SSSR count). The normalized spacial score (nSPS) is 10.4. The summed E-state index contributed by atoms with van der Waals surface area (Å²) < 4.78 is 1.07. The van der Waals surface area contributed by atoms with Gasteiger partial charge in [0.1, 0.15) is 0 Å². The molecule has 0 aliphatic rings. The molecule has 1 heterocycles. The van der Waals surface area contributed by atoms with Crippen molar-refractivity contribution in [2.45, 2.75) is 13.3 Å². The van der Waals surface area contributed by atoms with Crippen LogP contribution in [0.2, 0.25) is 0 Å². The van der Waals surface area contributed by atoms with Gasteiger partial charge in [0.15, 0.2) is 0 Å². The molecule has 5 heteroatoms. The maximum Gasteiger partial charge on any atom is 0.253 e. The molecule has 0 aliphatic heterocycles. The van der Waals surface area contributed by atoms with Crippen molar-refractivity contribution in [2.24, 2.45) is 0 Å². The molecule has 0 saturated carbocycles. The first kappa shape index (κ1) is 13.5. The van der Waals surface area contributed by atoms with Gasteiger partial charge in [-0.1, -0.05) is 25.1 Å². The topological polar surface area (TPSA) is 58.2 Å². The Hall–Kier alpha value is -1.88. The van der Waals surface area contributed by atoms with Crippen LogP contribution in [0, 0.1) is 0 Å². The summed E-state index contributed by atoms with van der Waals surface area (Å²) in [7, 11) is 0. The van der Waals surface area contributed by atoms with Crippen LogP contribution in [-0.2, 0) is 4.79 Å². The molecular formula is C14H16N2O2S. The van der Waals surface area contributed by atoms with E-state index < -0.39 is 0 Å². The number of fused-ring (bicyclic) bond motifs is 1. The van der Waals surface area contributed by atoms with Crippen molar-refractivity contribution < 1.29 is 9.59 Å². The maximum absolute atomic E-state index is 12.0. The van der Waals surface area contributed by atoms with Gasteiger partial charge in [0.25, 0.3) is 5.91 Å². The zero-order valence-corrected chi connectivity index (χ0v) is 11.5. The van der Waals surface area contributed by atoms with Gasteiger partial charge in [-0.2, -0.15) is 0 Å². The lowest BCUT2D eigenvalue weighted by Gasteiger charge is -2.05. The Labute approximate surface area is 115 Å². The molecule has 19 heavy (non-hydrogen) atoms. The highest BCUT2D eigenvalue weighted by atomic mass is 32.1. The molecule has 0 spiro atoms. The molecule has 1 aromatic heterocycles. The first-order valence-electron chi connectivity index (χ1n) is 6.23. The van der Waals surface area contributed by atoms with Crippen molar-refractivity contribution in [3.05, 3.63) is 35.2 Å². The highest BCUT2D eigenvalue weighted by molar-refractivity contribution is 7.17. The monoisotopic (exact) mass is 276 g/mol. The number of amides is 2. The lowest BCUT2D eigenvalue weighted by molar-refractivity contribution is -0.120. The summed E-state index contributed by atoms with van der Waals surface area (Å²) in [4.78, 5) is 23.4. The smallest absolute Gasteiger partial charge is 0.253 e. The molecule has 2 N–H and O–H groups in total. The average Bonchev–Trinajstić information content (AvgIpc) is 2.86. The molecule has 100 valence electrons. The average molecular weight is 276 g/mol. The number of carbonyl (C=O) groups is 2. The number of hydrogen-bond acceptors (Lipinski definition) is 3. The van der Waals surface area contributed by atoms with Gasteiger partial charge in [-0.3, -0.25) is 9.59 Å². The van der Waals surface area contributed by atoms with E-state index in [1.807, 2.05) is 36.6 Å². The molecule has 0 fully saturated rings. The van der Waals surface area contributed by atoms with Gasteiger partial charge in [-0.25, -0.2) is 0 Å². The van der Waals surface area contributed by atoms with Crippen LogP contribution in [0.25, 0.3) is 10.1 Å². The minimum absolute atomic E-state index is 0.0169. The van der Waals surface area contributed by atoms with E-state index in [1.54, 1.807) is 0 Å². The zero-order chi connectivity index (χ0) is 13.7. The van der Waals surface area contributed by atoms with Crippen LogP contribution in [0.1, 0.15) is 23.7 Å². The summed E-state index contributed by atoms with van der Waals surface area (Å²) in [5, 5.41) is 8.11. The third kappa shape index (κ3) is 3.32. The minimum Gasteiger partial charge on any atom is -0.355 e. The summed E-state index contributed by atoms with van der Waals surface area (Å²) in [6.45, 7) is 2.63. The van der Waals surface area contributed by atoms with Gasteiger partial charge >= 0.3 is 0 Å². The van der Waals surface area contributed by atoms with Gasteiger partial charge in [-0.05, 0) is 12.5 Å². The number of thiophene rings is 1. The number of nitrogens with one attached hydrogen (secondary N) is 2. The van der Waals surface area contributed by atoms with Crippen molar-refractivity contribution in [1.82, 2.24) is 10.6 Å². The molecular weight excluding hydrogens is 260 g/mol. The fraction of sp³-hybridized carbons (Fsp3) is 0.286. The highest BCUT2D eigenvalue weighted by Crippen LogP contribution is 2.25. The van der Waals surface area contributed by atoms with E-state index in [1.165, 1.54) is 11.3 Å². The molecule has 0 saturated heterocycles. The van der Waals surface area contributed by atoms with Crippen LogP contribution in [0.4, 0.5) is 0 Å². The first-order valence-corrected chi connectivity index (χ1v) is 7.11. The third-order valence-corrected chi connectivity index (χ3v) is 3.67. The predicted octanol–water partition coefficient (Wildman–Crippen LogP) is 2.16. The first-order chi connectivity index (χ1) is 9.22. The largest absolute Gasteiger partial charge is 0.355 e. The van der Waals surface area contributed by atoms with Crippen LogP contribution in [0.3, 0.4) is 0 Å². The SMILES string of the molecule is CCCNC(=O)CNC(=O)c1csc2ccccc12. The Morgan fingerprint density at radius 3 is 2.79 bits per heavy atom. The Bertz CT molecular complexity index is 592. The number of benzene rings is 1. The van der Waals surface area contributed by atoms with Gasteiger partial charge < -0.3 is 10.6 Å². The molecule has 0 aliphatic carbocycles. The molecule has 0 bridgehead atoms. The van der Waals surface area contributed by atoms with E-state index in [4.69, 9.17) is 0 Å². The highest BCUT2D eigenvalue weighted by Gasteiger charge is 2.12. The van der Waals surface area contributed by atoms with Crippen molar-refractivity contribution in [1.29, 1.82) is 0 Å². The molecule has 0 radical (unpaired) electrons. The summed E-state index contributed by atoms with van der Waals surface area (Å²) in [5.74, 6) is -0.362. The van der Waals surface area contributed by atoms with Crippen LogP contribution < -0.4 is 10.6 Å². The van der Waals surface area contributed by atoms with Crippen LogP contribution in [0.15, 0.2) is 29.6 Å². The fourth-order valence-corrected chi connectivity index (χ4v) is 2.68. The Kier molecular flexibility index (Phi) is 4.52. The summed E-state index contributed by atoms with van der Waals surface area (Å²) in [6, 6.07) is 7.74. The van der Waals surface area contributed by atoms with E-state index in [9.17, 15) is 9.59 Å². The number of hydrogen-bond donors (Lipinski definition) is 2. The van der Waals surface area contributed by atoms with Crippen LogP contribution >= 0.6 is 11.3 Å². The number of carbonyl (C=O) groups excluding carboxylic acids is 2. The van der Waals surface area contributed by atoms with Crippen LogP contribution in [-0.4, -0.2) is 24.9 Å². The van der Waals surface area contributed by atoms with Crippen molar-refractivity contribution in [3.8, 4) is 0 Å². The number of rotatable bonds is 5. The van der Waals surface area contributed by atoms with Gasteiger partial charge in [0.2, 0.25) is 5.91 Å². The fourth-order valence-electron chi connectivity index (χ4n) is 1.74. The minimum atomic E-state index is -0.205. The molecule has 4 nitrogen and oxygen atoms in total. The maximum atomic E-state index is 12.0. The van der Waals surface area contributed by atoms with Gasteiger partial charge in [0.05, 0.1) is 12.1 Å². The predicted molar refractivity (Wildman–Crippen MR) is 77.5 cm³/mol. The van der Waals surface area contributed by atoms with Crippen LogP contribution in [0.5, 0.6) is 0 Å². The zero-order valence-electron chi connectivity index (χ0n) is 10.7. The second-order valence-corrected chi connectivity index (χ2v) is 5.09. The van der Waals surface area contributed by atoms with Crippen molar-refractivity contribution in [3.63, 3.8) is 0 Å². The van der Waals surface area contributed by atoms with Crippen molar-refractivity contribution in [2.75, 3.05) is 13.1 Å². The lowest BCUT2D eigenvalue weighted by Crippen LogP contribution is -2.37.